The Morgan fingerprint density at radius 2 is 1.53 bits per heavy atom. The van der Waals surface area contributed by atoms with Crippen LogP contribution in [0, 0.1) is 0 Å². The Bertz CT molecular complexity index is 591. The summed E-state index contributed by atoms with van der Waals surface area (Å²) in [5, 5.41) is 0.259. The summed E-state index contributed by atoms with van der Waals surface area (Å²) in [6.45, 7) is 0. The Labute approximate surface area is 118 Å². The molecular weight excluding hydrogens is 296 g/mol. The lowest BCUT2D eigenvalue weighted by Gasteiger charge is -2.14. The van der Waals surface area contributed by atoms with Crippen LogP contribution in [-0.2, 0) is 12.1 Å². The van der Waals surface area contributed by atoms with Crippen LogP contribution in [0.2, 0.25) is 5.02 Å². The van der Waals surface area contributed by atoms with Crippen molar-refractivity contribution in [3.63, 3.8) is 0 Å². The van der Waals surface area contributed by atoms with Crippen LogP contribution in [0.4, 0.5) is 13.2 Å². The fraction of sp³-hybridized carbons (Fsp3) is 0.143. The van der Waals surface area contributed by atoms with Crippen LogP contribution in [-0.4, -0.2) is 0 Å². The minimum absolute atomic E-state index is 0.0620. The highest BCUT2D eigenvalue weighted by Gasteiger charge is 2.33. The molecule has 0 aromatic heterocycles. The summed E-state index contributed by atoms with van der Waals surface area (Å²) in [5.41, 5.74) is 0.307. The SMILES string of the molecule is FC(F)(F)c1ccccc1-c1cccc(CCl)c1Cl. The molecule has 0 aliphatic carbocycles. The maximum atomic E-state index is 13.0. The van der Waals surface area contributed by atoms with E-state index >= 15 is 0 Å². The Balaban J connectivity index is 2.67. The van der Waals surface area contributed by atoms with Gasteiger partial charge in [-0.15, -0.1) is 11.6 Å². The quantitative estimate of drug-likeness (QED) is 0.618. The number of hydrogen-bond donors (Lipinski definition) is 0. The molecule has 19 heavy (non-hydrogen) atoms. The molecule has 2 aromatic carbocycles. The summed E-state index contributed by atoms with van der Waals surface area (Å²) in [4.78, 5) is 0. The molecule has 0 heterocycles. The van der Waals surface area contributed by atoms with E-state index in [1.807, 2.05) is 0 Å². The molecule has 0 fully saturated rings. The molecule has 0 amide bonds. The highest BCUT2D eigenvalue weighted by atomic mass is 35.5. The van der Waals surface area contributed by atoms with Crippen molar-refractivity contribution in [2.45, 2.75) is 12.1 Å². The minimum Gasteiger partial charge on any atom is -0.166 e. The van der Waals surface area contributed by atoms with Crippen LogP contribution in [0.1, 0.15) is 11.1 Å². The van der Waals surface area contributed by atoms with Crippen LogP contribution in [0.3, 0.4) is 0 Å². The molecule has 0 radical (unpaired) electrons. The van der Waals surface area contributed by atoms with Crippen LogP contribution in [0.5, 0.6) is 0 Å². The van der Waals surface area contributed by atoms with E-state index in [-0.39, 0.29) is 16.5 Å². The van der Waals surface area contributed by atoms with Gasteiger partial charge in [0, 0.05) is 11.4 Å². The van der Waals surface area contributed by atoms with Gasteiger partial charge in [-0.1, -0.05) is 48.0 Å². The Morgan fingerprint density at radius 3 is 2.16 bits per heavy atom. The topological polar surface area (TPSA) is 0 Å². The van der Waals surface area contributed by atoms with Crippen LogP contribution < -0.4 is 0 Å². The van der Waals surface area contributed by atoms with E-state index < -0.39 is 11.7 Å². The molecule has 0 aliphatic heterocycles. The molecule has 0 nitrogen and oxygen atoms in total. The summed E-state index contributed by atoms with van der Waals surface area (Å²) in [6.07, 6.45) is -4.42. The third-order valence-electron chi connectivity index (χ3n) is 2.75. The molecule has 0 saturated heterocycles. The first-order valence-electron chi connectivity index (χ1n) is 5.45. The van der Waals surface area contributed by atoms with Gasteiger partial charge in [-0.3, -0.25) is 0 Å². The van der Waals surface area contributed by atoms with Crippen molar-refractivity contribution < 1.29 is 13.2 Å². The zero-order valence-electron chi connectivity index (χ0n) is 9.64. The average molecular weight is 305 g/mol. The Morgan fingerprint density at radius 1 is 0.895 bits per heavy atom. The van der Waals surface area contributed by atoms with Crippen LogP contribution in [0.15, 0.2) is 42.5 Å². The van der Waals surface area contributed by atoms with E-state index in [4.69, 9.17) is 23.2 Å². The highest BCUT2D eigenvalue weighted by molar-refractivity contribution is 6.35. The summed E-state index contributed by atoms with van der Waals surface area (Å²) >= 11 is 11.8. The van der Waals surface area contributed by atoms with Crippen molar-refractivity contribution in [1.29, 1.82) is 0 Å². The first kappa shape index (κ1) is 14.2. The van der Waals surface area contributed by atoms with Gasteiger partial charge in [-0.25, -0.2) is 0 Å². The second-order valence-electron chi connectivity index (χ2n) is 3.96. The first-order chi connectivity index (χ1) is 8.95. The van der Waals surface area contributed by atoms with E-state index in [2.05, 4.69) is 0 Å². The first-order valence-corrected chi connectivity index (χ1v) is 6.36. The summed E-state index contributed by atoms with van der Waals surface area (Å²) in [6, 6.07) is 10.2. The minimum atomic E-state index is -4.42. The zero-order valence-corrected chi connectivity index (χ0v) is 11.2. The molecule has 0 saturated carbocycles. The van der Waals surface area contributed by atoms with E-state index in [0.717, 1.165) is 6.07 Å². The number of halogens is 5. The molecule has 0 aliphatic rings. The van der Waals surface area contributed by atoms with Gasteiger partial charge in [0.25, 0.3) is 0 Å². The Kier molecular flexibility index (Phi) is 4.07. The standard InChI is InChI=1S/C14H9Cl2F3/c15-8-9-4-3-6-11(13(9)16)10-5-1-2-7-12(10)14(17,18)19/h1-7H,8H2. The summed E-state index contributed by atoms with van der Waals surface area (Å²) in [5.74, 6) is 0.154. The average Bonchev–Trinajstić information content (AvgIpc) is 2.38. The largest absolute Gasteiger partial charge is 0.417 e. The fourth-order valence-corrected chi connectivity index (χ4v) is 2.44. The van der Waals surface area contributed by atoms with E-state index in [9.17, 15) is 13.2 Å². The van der Waals surface area contributed by atoms with Crippen molar-refractivity contribution in [2.75, 3.05) is 0 Å². The van der Waals surface area contributed by atoms with Crippen molar-refractivity contribution in [3.8, 4) is 11.1 Å². The lowest BCUT2D eigenvalue weighted by Crippen LogP contribution is -2.07. The fourth-order valence-electron chi connectivity index (χ4n) is 1.86. The number of benzene rings is 2. The molecule has 5 heteroatoms. The molecule has 2 rings (SSSR count). The molecule has 100 valence electrons. The third-order valence-corrected chi connectivity index (χ3v) is 3.48. The van der Waals surface area contributed by atoms with Gasteiger partial charge in [-0.2, -0.15) is 13.2 Å². The molecule has 0 N–H and O–H groups in total. The van der Waals surface area contributed by atoms with E-state index in [1.54, 1.807) is 24.3 Å². The molecule has 0 unspecified atom stereocenters. The lowest BCUT2D eigenvalue weighted by molar-refractivity contribution is -0.137. The maximum Gasteiger partial charge on any atom is 0.417 e. The van der Waals surface area contributed by atoms with E-state index in [0.29, 0.717) is 11.1 Å². The molecular formula is C14H9Cl2F3. The third kappa shape index (κ3) is 2.88. The molecule has 2 aromatic rings. The van der Waals surface area contributed by atoms with Gasteiger partial charge in [0.15, 0.2) is 0 Å². The van der Waals surface area contributed by atoms with Gasteiger partial charge in [-0.05, 0) is 17.2 Å². The second kappa shape index (κ2) is 5.43. The summed E-state index contributed by atoms with van der Waals surface area (Å²) < 4.78 is 38.9. The summed E-state index contributed by atoms with van der Waals surface area (Å²) in [7, 11) is 0. The van der Waals surface area contributed by atoms with Crippen LogP contribution in [0.25, 0.3) is 11.1 Å². The monoisotopic (exact) mass is 304 g/mol. The number of alkyl halides is 4. The molecule has 0 bridgehead atoms. The van der Waals surface area contributed by atoms with Gasteiger partial charge in [0.2, 0.25) is 0 Å². The normalized spacial score (nSPS) is 11.6. The molecule has 0 spiro atoms. The van der Waals surface area contributed by atoms with E-state index in [1.165, 1.54) is 12.1 Å². The zero-order chi connectivity index (χ0) is 14.0. The van der Waals surface area contributed by atoms with Crippen molar-refractivity contribution in [3.05, 3.63) is 58.6 Å². The second-order valence-corrected chi connectivity index (χ2v) is 4.60. The highest BCUT2D eigenvalue weighted by Crippen LogP contribution is 2.40. The van der Waals surface area contributed by atoms with Gasteiger partial charge in [0.05, 0.1) is 10.6 Å². The van der Waals surface area contributed by atoms with Gasteiger partial charge < -0.3 is 0 Å². The van der Waals surface area contributed by atoms with Crippen LogP contribution >= 0.6 is 23.2 Å². The smallest absolute Gasteiger partial charge is 0.166 e. The maximum absolute atomic E-state index is 13.0. The van der Waals surface area contributed by atoms with Crippen molar-refractivity contribution in [1.82, 2.24) is 0 Å². The predicted molar refractivity (Wildman–Crippen MR) is 71.4 cm³/mol. The van der Waals surface area contributed by atoms with Gasteiger partial charge in [0.1, 0.15) is 0 Å². The predicted octanol–water partition coefficient (Wildman–Crippen LogP) is 5.76. The number of hydrogen-bond acceptors (Lipinski definition) is 0. The molecule has 0 atom stereocenters. The number of rotatable bonds is 2. The Hall–Kier alpha value is -1.19. The van der Waals surface area contributed by atoms with Crippen molar-refractivity contribution in [2.24, 2.45) is 0 Å². The van der Waals surface area contributed by atoms with Crippen molar-refractivity contribution >= 4 is 23.2 Å². The van der Waals surface area contributed by atoms with Gasteiger partial charge >= 0.3 is 6.18 Å². The lowest BCUT2D eigenvalue weighted by atomic mass is 9.98.